The number of carbonyl (C=O) groups is 2. The fourth-order valence-electron chi connectivity index (χ4n) is 3.21. The number of nitrogens with one attached hydrogen (secondary N) is 1. The zero-order chi connectivity index (χ0) is 20.4. The molecule has 27 heavy (non-hydrogen) atoms. The number of nitrogens with two attached hydrogens (primary N) is 1. The van der Waals surface area contributed by atoms with Crippen LogP contribution in [0.15, 0.2) is 4.99 Å². The molecule has 0 aromatic carbocycles. The zero-order valence-corrected chi connectivity index (χ0v) is 18.1. The van der Waals surface area contributed by atoms with Crippen LogP contribution < -0.4 is 11.1 Å². The standard InChI is InChI=1S/C14H24N2OS.C6H13NO2/c1-10(2)9-12-13(17)16-14(18-12)15-11-7-5-3-4-6-8-11;1-4(2)3-5(7)6(8)9/h10-12H,3-9H2,1-2H3,(H,15,16,17);4-5H,3,7H2,1-2H3,(H,8,9)/t;5-/m.0/s1. The molecule has 2 atom stereocenters. The molecule has 1 saturated heterocycles. The van der Waals surface area contributed by atoms with Crippen molar-refractivity contribution in [1.29, 1.82) is 0 Å². The second-order valence-corrected chi connectivity index (χ2v) is 9.57. The number of hydrogen-bond acceptors (Lipinski definition) is 5. The van der Waals surface area contributed by atoms with Crippen molar-refractivity contribution in [3.05, 3.63) is 0 Å². The molecule has 1 aliphatic carbocycles. The summed E-state index contributed by atoms with van der Waals surface area (Å²) in [5, 5.41) is 12.2. The predicted octanol–water partition coefficient (Wildman–Crippen LogP) is 3.79. The molecular weight excluding hydrogens is 362 g/mol. The molecule has 156 valence electrons. The normalized spacial score (nSPS) is 23.7. The van der Waals surface area contributed by atoms with Gasteiger partial charge < -0.3 is 16.2 Å². The first-order chi connectivity index (χ1) is 12.7. The highest BCUT2D eigenvalue weighted by atomic mass is 32.2. The summed E-state index contributed by atoms with van der Waals surface area (Å²) in [7, 11) is 0. The fraction of sp³-hybridized carbons (Fsp3) is 0.850. The number of aliphatic carboxylic acids is 1. The second-order valence-electron chi connectivity index (χ2n) is 8.38. The van der Waals surface area contributed by atoms with Crippen molar-refractivity contribution in [2.45, 2.75) is 96.4 Å². The molecule has 2 fully saturated rings. The second kappa shape index (κ2) is 12.4. The van der Waals surface area contributed by atoms with E-state index < -0.39 is 12.0 Å². The van der Waals surface area contributed by atoms with Gasteiger partial charge in [-0.05, 0) is 37.5 Å². The monoisotopic (exact) mass is 399 g/mol. The van der Waals surface area contributed by atoms with Crippen LogP contribution in [-0.2, 0) is 9.59 Å². The van der Waals surface area contributed by atoms with E-state index in [2.05, 4.69) is 19.2 Å². The molecule has 4 N–H and O–H groups in total. The molecule has 0 radical (unpaired) electrons. The highest BCUT2D eigenvalue weighted by Crippen LogP contribution is 2.27. The van der Waals surface area contributed by atoms with Crippen LogP contribution in [0.2, 0.25) is 0 Å². The van der Waals surface area contributed by atoms with E-state index in [9.17, 15) is 9.59 Å². The van der Waals surface area contributed by atoms with E-state index in [1.807, 2.05) is 13.8 Å². The Morgan fingerprint density at radius 2 is 1.78 bits per heavy atom. The Bertz CT molecular complexity index is 501. The largest absolute Gasteiger partial charge is 0.480 e. The summed E-state index contributed by atoms with van der Waals surface area (Å²) in [5.41, 5.74) is 5.22. The predicted molar refractivity (Wildman–Crippen MR) is 113 cm³/mol. The van der Waals surface area contributed by atoms with Gasteiger partial charge in [-0.15, -0.1) is 0 Å². The van der Waals surface area contributed by atoms with E-state index in [4.69, 9.17) is 15.8 Å². The number of carboxylic acids is 1. The molecule has 7 heteroatoms. The molecule has 1 unspecified atom stereocenters. The SMILES string of the molecule is CC(C)CC1SC(=NC2CCCCCC2)NC1=O.CC(C)C[C@H](N)C(=O)O. The first kappa shape index (κ1) is 24.0. The molecule has 0 aromatic heterocycles. The quantitative estimate of drug-likeness (QED) is 0.589. The number of thioether (sulfide) groups is 1. The average Bonchev–Trinajstić information content (AvgIpc) is 2.75. The van der Waals surface area contributed by atoms with Crippen molar-refractivity contribution in [2.75, 3.05) is 0 Å². The summed E-state index contributed by atoms with van der Waals surface area (Å²) in [6.07, 6.45) is 9.14. The molecule has 6 nitrogen and oxygen atoms in total. The summed E-state index contributed by atoms with van der Waals surface area (Å²) in [6.45, 7) is 8.22. The van der Waals surface area contributed by atoms with Crippen LogP contribution in [-0.4, -0.2) is 39.5 Å². The highest BCUT2D eigenvalue weighted by Gasteiger charge is 2.31. The third-order valence-electron chi connectivity index (χ3n) is 4.63. The smallest absolute Gasteiger partial charge is 0.320 e. The minimum Gasteiger partial charge on any atom is -0.480 e. The molecule has 0 aromatic rings. The topological polar surface area (TPSA) is 105 Å². The fourth-order valence-corrected chi connectivity index (χ4v) is 4.50. The van der Waals surface area contributed by atoms with E-state index in [1.165, 1.54) is 38.5 Å². The van der Waals surface area contributed by atoms with E-state index in [-0.39, 0.29) is 11.2 Å². The summed E-state index contributed by atoms with van der Waals surface area (Å²) >= 11 is 1.64. The van der Waals surface area contributed by atoms with Gasteiger partial charge >= 0.3 is 5.97 Å². The van der Waals surface area contributed by atoms with Gasteiger partial charge in [0.05, 0.1) is 11.3 Å². The molecule has 1 saturated carbocycles. The van der Waals surface area contributed by atoms with Gasteiger partial charge in [0.1, 0.15) is 6.04 Å². The highest BCUT2D eigenvalue weighted by molar-refractivity contribution is 8.15. The van der Waals surface area contributed by atoms with Gasteiger partial charge in [0.25, 0.3) is 0 Å². The Morgan fingerprint density at radius 1 is 1.19 bits per heavy atom. The number of carbonyl (C=O) groups excluding carboxylic acids is 1. The Kier molecular flexibility index (Phi) is 11.0. The van der Waals surface area contributed by atoms with Crippen LogP contribution in [0.5, 0.6) is 0 Å². The van der Waals surface area contributed by atoms with Crippen LogP contribution in [0.4, 0.5) is 0 Å². The first-order valence-corrected chi connectivity index (χ1v) is 11.1. The van der Waals surface area contributed by atoms with Gasteiger partial charge in [-0.3, -0.25) is 14.6 Å². The average molecular weight is 400 g/mol. The maximum atomic E-state index is 11.8. The lowest BCUT2D eigenvalue weighted by Crippen LogP contribution is -2.31. The van der Waals surface area contributed by atoms with Gasteiger partial charge in [-0.25, -0.2) is 0 Å². The third-order valence-corrected chi connectivity index (χ3v) is 5.75. The molecule has 1 aliphatic heterocycles. The zero-order valence-electron chi connectivity index (χ0n) is 17.2. The van der Waals surface area contributed by atoms with Crippen molar-refractivity contribution in [1.82, 2.24) is 5.32 Å². The van der Waals surface area contributed by atoms with E-state index in [0.29, 0.717) is 24.3 Å². The van der Waals surface area contributed by atoms with Crippen LogP contribution >= 0.6 is 11.8 Å². The third kappa shape index (κ3) is 10.1. The number of amides is 1. The van der Waals surface area contributed by atoms with Crippen LogP contribution in [0.25, 0.3) is 0 Å². The molecule has 2 aliphatic rings. The maximum absolute atomic E-state index is 11.8. The van der Waals surface area contributed by atoms with Gasteiger partial charge in [-0.2, -0.15) is 0 Å². The molecular formula is C20H37N3O3S. The lowest BCUT2D eigenvalue weighted by molar-refractivity contribution is -0.138. The summed E-state index contributed by atoms with van der Waals surface area (Å²) in [5.74, 6) is 0.159. The summed E-state index contributed by atoms with van der Waals surface area (Å²) < 4.78 is 0. The van der Waals surface area contributed by atoms with Gasteiger partial charge in [-0.1, -0.05) is 65.1 Å². The van der Waals surface area contributed by atoms with E-state index in [0.717, 1.165) is 11.6 Å². The Hall–Kier alpha value is -1.08. The number of nitrogens with zero attached hydrogens (tertiary/aromatic N) is 1. The minimum atomic E-state index is -0.913. The van der Waals surface area contributed by atoms with Gasteiger partial charge in [0.15, 0.2) is 5.17 Å². The Balaban J connectivity index is 0.000000345. The number of rotatable bonds is 6. The number of aliphatic imine (C=N–C) groups is 1. The number of amidine groups is 1. The van der Waals surface area contributed by atoms with Crippen molar-refractivity contribution < 1.29 is 14.7 Å². The molecule has 0 bridgehead atoms. The summed E-state index contributed by atoms with van der Waals surface area (Å²) in [6, 6.07) is -0.252. The first-order valence-electron chi connectivity index (χ1n) is 10.2. The molecule has 1 amide bonds. The van der Waals surface area contributed by atoms with Crippen molar-refractivity contribution in [2.24, 2.45) is 22.6 Å². The van der Waals surface area contributed by atoms with Gasteiger partial charge in [0, 0.05) is 0 Å². The van der Waals surface area contributed by atoms with Crippen molar-refractivity contribution >= 4 is 28.8 Å². The minimum absolute atomic E-state index is 0.0783. The lowest BCUT2D eigenvalue weighted by Gasteiger charge is -2.09. The molecule has 1 heterocycles. The summed E-state index contributed by atoms with van der Waals surface area (Å²) in [4.78, 5) is 26.7. The maximum Gasteiger partial charge on any atom is 0.320 e. The van der Waals surface area contributed by atoms with Crippen molar-refractivity contribution in [3.63, 3.8) is 0 Å². The van der Waals surface area contributed by atoms with Gasteiger partial charge in [0.2, 0.25) is 5.91 Å². The molecule has 2 rings (SSSR count). The van der Waals surface area contributed by atoms with Crippen LogP contribution in [0, 0.1) is 11.8 Å². The van der Waals surface area contributed by atoms with Crippen molar-refractivity contribution in [3.8, 4) is 0 Å². The van der Waals surface area contributed by atoms with Crippen LogP contribution in [0.1, 0.15) is 79.1 Å². The van der Waals surface area contributed by atoms with Crippen LogP contribution in [0.3, 0.4) is 0 Å². The molecule has 0 spiro atoms. The van der Waals surface area contributed by atoms with E-state index >= 15 is 0 Å². The van der Waals surface area contributed by atoms with E-state index in [1.54, 1.807) is 11.8 Å². The Labute approximate surface area is 168 Å². The number of carboxylic acid groups (broad SMARTS) is 1. The lowest BCUT2D eigenvalue weighted by atomic mass is 10.1. The Morgan fingerprint density at radius 3 is 2.22 bits per heavy atom. The number of hydrogen-bond donors (Lipinski definition) is 3.